The molecule has 164 valence electrons. The molecule has 2 saturated heterocycles. The van der Waals surface area contributed by atoms with Gasteiger partial charge in [-0.3, -0.25) is 19.7 Å². The molecule has 0 radical (unpaired) electrons. The molecule has 3 heterocycles. The summed E-state index contributed by atoms with van der Waals surface area (Å²) in [6, 6.07) is 16.3. The van der Waals surface area contributed by atoms with Gasteiger partial charge in [0.2, 0.25) is 11.8 Å². The van der Waals surface area contributed by atoms with Crippen LogP contribution in [0.2, 0.25) is 0 Å². The minimum absolute atomic E-state index is 0.184. The van der Waals surface area contributed by atoms with E-state index in [0.717, 1.165) is 11.3 Å². The molecule has 0 bridgehead atoms. The number of nitrogens with one attached hydrogen (secondary N) is 1. The second-order valence-electron chi connectivity index (χ2n) is 9.26. The van der Waals surface area contributed by atoms with Crippen LogP contribution in [-0.4, -0.2) is 30.3 Å². The quantitative estimate of drug-likeness (QED) is 0.585. The summed E-state index contributed by atoms with van der Waals surface area (Å²) in [6.45, 7) is 8.33. The summed E-state index contributed by atoms with van der Waals surface area (Å²) in [4.78, 5) is 44.5. The smallest absolute Gasteiger partial charge is 0.253 e. The van der Waals surface area contributed by atoms with Crippen LogP contribution in [0.25, 0.3) is 0 Å². The zero-order valence-corrected chi connectivity index (χ0v) is 18.3. The van der Waals surface area contributed by atoms with Gasteiger partial charge >= 0.3 is 0 Å². The maximum atomic E-state index is 14.0. The largest absolute Gasteiger partial charge is 0.306 e. The number of fused-ring (bicyclic) bond motifs is 4. The zero-order chi connectivity index (χ0) is 22.6. The fourth-order valence-electron chi connectivity index (χ4n) is 5.80. The fraction of sp³-hybridized carbons (Fsp3) is 0.346. The van der Waals surface area contributed by atoms with E-state index in [-0.39, 0.29) is 23.8 Å². The molecule has 0 saturated carbocycles. The van der Waals surface area contributed by atoms with Gasteiger partial charge in [0.25, 0.3) is 5.91 Å². The van der Waals surface area contributed by atoms with Crippen molar-refractivity contribution in [2.45, 2.75) is 31.8 Å². The van der Waals surface area contributed by atoms with Gasteiger partial charge in [0.15, 0.2) is 0 Å². The van der Waals surface area contributed by atoms with Crippen molar-refractivity contribution in [2.24, 2.45) is 17.8 Å². The Morgan fingerprint density at radius 3 is 2.41 bits per heavy atom. The molecule has 6 nitrogen and oxygen atoms in total. The van der Waals surface area contributed by atoms with Gasteiger partial charge in [-0.05, 0) is 30.5 Å². The lowest BCUT2D eigenvalue weighted by Gasteiger charge is -2.30. The van der Waals surface area contributed by atoms with E-state index in [4.69, 9.17) is 0 Å². The Morgan fingerprint density at radius 1 is 1.03 bits per heavy atom. The van der Waals surface area contributed by atoms with Gasteiger partial charge < -0.3 is 4.90 Å². The number of amides is 3. The number of hydrogen-bond acceptors (Lipinski definition) is 4. The van der Waals surface area contributed by atoms with Crippen molar-refractivity contribution in [3.05, 3.63) is 72.8 Å². The summed E-state index contributed by atoms with van der Waals surface area (Å²) in [7, 11) is 0. The van der Waals surface area contributed by atoms with Crippen molar-refractivity contribution in [1.82, 2.24) is 5.32 Å². The lowest BCUT2D eigenvalue weighted by atomic mass is 9.76. The minimum Gasteiger partial charge on any atom is -0.306 e. The highest BCUT2D eigenvalue weighted by molar-refractivity contribution is 6.26. The molecule has 4 unspecified atom stereocenters. The molecule has 3 aliphatic rings. The van der Waals surface area contributed by atoms with Gasteiger partial charge in [-0.1, -0.05) is 56.3 Å². The van der Waals surface area contributed by atoms with Gasteiger partial charge in [0.1, 0.15) is 5.54 Å². The van der Waals surface area contributed by atoms with Crippen molar-refractivity contribution in [3.63, 3.8) is 0 Å². The third-order valence-corrected chi connectivity index (χ3v) is 6.92. The van der Waals surface area contributed by atoms with E-state index in [1.165, 1.54) is 4.90 Å². The molecule has 5 rings (SSSR count). The Bertz CT molecular complexity index is 1110. The fourth-order valence-corrected chi connectivity index (χ4v) is 5.80. The lowest BCUT2D eigenvalue weighted by Crippen LogP contribution is -2.55. The molecule has 2 fully saturated rings. The second-order valence-corrected chi connectivity index (χ2v) is 9.26. The second kappa shape index (κ2) is 7.41. The summed E-state index contributed by atoms with van der Waals surface area (Å²) in [5.41, 5.74) is 0.841. The summed E-state index contributed by atoms with van der Waals surface area (Å²) < 4.78 is 0. The lowest BCUT2D eigenvalue weighted by molar-refractivity contribution is -0.132. The molecule has 4 atom stereocenters. The molecule has 0 aliphatic carbocycles. The molecule has 3 aliphatic heterocycles. The van der Waals surface area contributed by atoms with E-state index in [9.17, 15) is 14.4 Å². The van der Waals surface area contributed by atoms with Gasteiger partial charge in [-0.15, -0.1) is 6.58 Å². The Hall–Kier alpha value is -3.25. The van der Waals surface area contributed by atoms with Crippen LogP contribution in [-0.2, 0) is 19.9 Å². The highest BCUT2D eigenvalue weighted by atomic mass is 16.2. The SMILES string of the molecule is C=CCN1C(=O)C2(NC(CC(C)C)C3C(=O)N(c4ccccc4)C(=O)C32)c2ccccc21. The van der Waals surface area contributed by atoms with Crippen LogP contribution >= 0.6 is 0 Å². The first-order valence-corrected chi connectivity index (χ1v) is 11.1. The highest BCUT2D eigenvalue weighted by Crippen LogP contribution is 2.55. The van der Waals surface area contributed by atoms with E-state index in [1.807, 2.05) is 42.5 Å². The Labute approximate surface area is 187 Å². The van der Waals surface area contributed by atoms with Crippen molar-refractivity contribution in [3.8, 4) is 0 Å². The summed E-state index contributed by atoms with van der Waals surface area (Å²) in [5, 5.41) is 3.53. The number of benzene rings is 2. The van der Waals surface area contributed by atoms with E-state index in [1.54, 1.807) is 23.1 Å². The number of para-hydroxylation sites is 2. The predicted molar refractivity (Wildman–Crippen MR) is 123 cm³/mol. The average molecular weight is 430 g/mol. The van der Waals surface area contributed by atoms with Crippen LogP contribution < -0.4 is 15.1 Å². The van der Waals surface area contributed by atoms with Crippen LogP contribution in [0.5, 0.6) is 0 Å². The first-order valence-electron chi connectivity index (χ1n) is 11.1. The number of rotatable bonds is 5. The number of carbonyl (C=O) groups is 3. The van der Waals surface area contributed by atoms with Crippen molar-refractivity contribution in [2.75, 3.05) is 16.3 Å². The third kappa shape index (κ3) is 2.65. The van der Waals surface area contributed by atoms with Crippen molar-refractivity contribution < 1.29 is 14.4 Å². The molecule has 0 aromatic heterocycles. The Morgan fingerprint density at radius 2 is 1.72 bits per heavy atom. The van der Waals surface area contributed by atoms with Gasteiger partial charge in [-0.25, -0.2) is 4.90 Å². The van der Waals surface area contributed by atoms with Gasteiger partial charge in [-0.2, -0.15) is 0 Å². The van der Waals surface area contributed by atoms with Gasteiger partial charge in [0.05, 0.1) is 17.5 Å². The Kier molecular flexibility index (Phi) is 4.78. The maximum absolute atomic E-state index is 14.0. The molecule has 3 amide bonds. The number of carbonyl (C=O) groups excluding carboxylic acids is 3. The first-order chi connectivity index (χ1) is 15.4. The molecular formula is C26H27N3O3. The maximum Gasteiger partial charge on any atom is 0.253 e. The topological polar surface area (TPSA) is 69.7 Å². The molecule has 1 spiro atoms. The number of imide groups is 1. The molecule has 2 aromatic rings. The van der Waals surface area contributed by atoms with Crippen molar-refractivity contribution >= 4 is 29.1 Å². The number of hydrogen-bond donors (Lipinski definition) is 1. The Balaban J connectivity index is 1.69. The van der Waals surface area contributed by atoms with E-state index < -0.39 is 17.4 Å². The van der Waals surface area contributed by atoms with E-state index in [0.29, 0.717) is 24.6 Å². The normalized spacial score (nSPS) is 28.7. The molecule has 1 N–H and O–H groups in total. The summed E-state index contributed by atoms with van der Waals surface area (Å²) in [6.07, 6.45) is 2.38. The minimum atomic E-state index is -1.25. The molecule has 6 heteroatoms. The van der Waals surface area contributed by atoms with Crippen LogP contribution in [0.1, 0.15) is 25.8 Å². The van der Waals surface area contributed by atoms with Crippen LogP contribution in [0, 0.1) is 17.8 Å². The standard InChI is InChI=1S/C26H27N3O3/c1-4-14-28-20-13-9-8-12-18(20)26(25(28)32)22-21(19(27-26)15-16(2)3)23(30)29(24(22)31)17-10-6-5-7-11-17/h4-13,16,19,21-22,27H,1,14-15H2,2-3H3. The highest BCUT2D eigenvalue weighted by Gasteiger charge is 2.71. The summed E-state index contributed by atoms with van der Waals surface area (Å²) >= 11 is 0. The predicted octanol–water partition coefficient (Wildman–Crippen LogP) is 3.24. The zero-order valence-electron chi connectivity index (χ0n) is 18.3. The third-order valence-electron chi connectivity index (χ3n) is 6.92. The molecule has 2 aromatic carbocycles. The van der Waals surface area contributed by atoms with E-state index >= 15 is 0 Å². The van der Waals surface area contributed by atoms with E-state index in [2.05, 4.69) is 25.7 Å². The monoisotopic (exact) mass is 429 g/mol. The van der Waals surface area contributed by atoms with Crippen LogP contribution in [0.4, 0.5) is 11.4 Å². The average Bonchev–Trinajstić information content (AvgIpc) is 3.33. The first kappa shape index (κ1) is 20.6. The van der Waals surface area contributed by atoms with Crippen LogP contribution in [0.3, 0.4) is 0 Å². The van der Waals surface area contributed by atoms with Crippen LogP contribution in [0.15, 0.2) is 67.3 Å². The molecule has 32 heavy (non-hydrogen) atoms. The number of anilines is 2. The van der Waals surface area contributed by atoms with Gasteiger partial charge in [0, 0.05) is 23.8 Å². The van der Waals surface area contributed by atoms with Crippen molar-refractivity contribution in [1.29, 1.82) is 0 Å². The summed E-state index contributed by atoms with van der Waals surface area (Å²) in [5.74, 6) is -1.81. The molecular weight excluding hydrogens is 402 g/mol. The number of nitrogens with zero attached hydrogens (tertiary/aromatic N) is 2.